The van der Waals surface area contributed by atoms with Crippen LogP contribution in [0.5, 0.6) is 0 Å². The first-order valence-electron chi connectivity index (χ1n) is 7.47. The van der Waals surface area contributed by atoms with Crippen LogP contribution in [0.25, 0.3) is 0 Å². The van der Waals surface area contributed by atoms with E-state index in [1.807, 2.05) is 13.1 Å². The van der Waals surface area contributed by atoms with Gasteiger partial charge in [-0.1, -0.05) is 32.4 Å². The summed E-state index contributed by atoms with van der Waals surface area (Å²) >= 11 is 0. The second-order valence-electron chi connectivity index (χ2n) is 6.18. The van der Waals surface area contributed by atoms with E-state index in [-0.39, 0.29) is 6.04 Å². The fourth-order valence-corrected chi connectivity index (χ4v) is 3.96. The molecule has 1 nitrogen and oxygen atoms in total. The summed E-state index contributed by atoms with van der Waals surface area (Å²) in [6.07, 6.45) is 2.31. The van der Waals surface area contributed by atoms with Crippen LogP contribution in [0.1, 0.15) is 44.9 Å². The highest BCUT2D eigenvalue weighted by molar-refractivity contribution is 6.85. The van der Waals surface area contributed by atoms with Crippen LogP contribution in [0.4, 0.5) is 13.2 Å². The molecule has 0 atom stereocenters. The first-order valence-corrected chi connectivity index (χ1v) is 10.7. The van der Waals surface area contributed by atoms with E-state index in [4.69, 9.17) is 4.74 Å². The Kier molecular flexibility index (Phi) is 7.11. The molecule has 1 rings (SSSR count). The number of rotatable bonds is 5. The number of hydrogen-bond donors (Lipinski definition) is 0. The molecule has 0 amide bonds. The Hall–Kier alpha value is -0.473. The lowest BCUT2D eigenvalue weighted by Gasteiger charge is -2.21. The Morgan fingerprint density at radius 2 is 1.80 bits per heavy atom. The molecule has 0 aromatic carbocycles. The highest BCUT2D eigenvalue weighted by atomic mass is 28.3. The predicted molar refractivity (Wildman–Crippen MR) is 78.2 cm³/mol. The van der Waals surface area contributed by atoms with Crippen molar-refractivity contribution in [2.45, 2.75) is 76.4 Å². The molecular weight excluding hydrogens is 281 g/mol. The normalized spacial score (nSPS) is 17.6. The summed E-state index contributed by atoms with van der Waals surface area (Å²) < 4.78 is 42.3. The molecule has 116 valence electrons. The standard InChI is InChI=1S/C15H25F3OSi/c1-20(2,13-10-15(16,17)18)12-7-6-11-19-14-8-4-3-5-9-14/h14H,3-6,8-11,13H2,1-2H3. The van der Waals surface area contributed by atoms with Crippen molar-refractivity contribution in [2.75, 3.05) is 6.61 Å². The molecule has 0 spiro atoms. The molecule has 0 radical (unpaired) electrons. The molecule has 1 saturated carbocycles. The average Bonchev–Trinajstić information content (AvgIpc) is 2.37. The topological polar surface area (TPSA) is 9.23 Å². The van der Waals surface area contributed by atoms with Gasteiger partial charge in [0.1, 0.15) is 8.07 Å². The summed E-state index contributed by atoms with van der Waals surface area (Å²) in [5, 5.41) is 0. The maximum atomic E-state index is 12.2. The number of ether oxygens (including phenoxy) is 1. The summed E-state index contributed by atoms with van der Waals surface area (Å²) in [5.74, 6) is 3.02. The molecule has 0 N–H and O–H groups in total. The minimum absolute atomic E-state index is 0.187. The van der Waals surface area contributed by atoms with Gasteiger partial charge in [-0.15, -0.1) is 11.5 Å². The largest absolute Gasteiger partial charge is 0.388 e. The van der Waals surface area contributed by atoms with Crippen LogP contribution in [-0.4, -0.2) is 27.0 Å². The Labute approximate surface area is 121 Å². The molecule has 20 heavy (non-hydrogen) atoms. The first kappa shape index (κ1) is 17.6. The SMILES string of the molecule is C[Si](C)(C#CCCOC1CCCCC1)CCC(F)(F)F. The van der Waals surface area contributed by atoms with Crippen LogP contribution >= 0.6 is 0 Å². The minimum Gasteiger partial charge on any atom is -0.377 e. The maximum absolute atomic E-state index is 12.2. The van der Waals surface area contributed by atoms with Crippen molar-refractivity contribution in [3.05, 3.63) is 0 Å². The van der Waals surface area contributed by atoms with E-state index in [9.17, 15) is 13.2 Å². The molecule has 0 aromatic rings. The molecule has 1 aliphatic rings. The lowest BCUT2D eigenvalue weighted by atomic mass is 9.98. The van der Waals surface area contributed by atoms with Crippen molar-refractivity contribution in [3.63, 3.8) is 0 Å². The highest BCUT2D eigenvalue weighted by Crippen LogP contribution is 2.25. The van der Waals surface area contributed by atoms with Crippen LogP contribution < -0.4 is 0 Å². The van der Waals surface area contributed by atoms with E-state index in [0.717, 1.165) is 12.8 Å². The highest BCUT2D eigenvalue weighted by Gasteiger charge is 2.31. The zero-order valence-electron chi connectivity index (χ0n) is 12.5. The number of alkyl halides is 3. The first-order chi connectivity index (χ1) is 9.29. The van der Waals surface area contributed by atoms with Crippen molar-refractivity contribution in [3.8, 4) is 11.5 Å². The van der Waals surface area contributed by atoms with Crippen molar-refractivity contribution < 1.29 is 17.9 Å². The van der Waals surface area contributed by atoms with Crippen LogP contribution in [0.15, 0.2) is 0 Å². The van der Waals surface area contributed by atoms with E-state index >= 15 is 0 Å². The van der Waals surface area contributed by atoms with Crippen LogP contribution in [-0.2, 0) is 4.74 Å². The minimum atomic E-state index is -4.06. The smallest absolute Gasteiger partial charge is 0.377 e. The summed E-state index contributed by atoms with van der Waals surface area (Å²) in [6, 6.07) is 0.187. The fraction of sp³-hybridized carbons (Fsp3) is 0.867. The van der Waals surface area contributed by atoms with Crippen molar-refractivity contribution in [1.29, 1.82) is 0 Å². The molecule has 1 aliphatic carbocycles. The van der Waals surface area contributed by atoms with Crippen LogP contribution in [0.2, 0.25) is 19.1 Å². The molecule has 0 aliphatic heterocycles. The Morgan fingerprint density at radius 1 is 1.15 bits per heavy atom. The number of halogens is 3. The molecule has 0 aromatic heterocycles. The van der Waals surface area contributed by atoms with Gasteiger partial charge < -0.3 is 4.74 Å². The Balaban J connectivity index is 2.19. The summed E-state index contributed by atoms with van der Waals surface area (Å²) in [6.45, 7) is 4.41. The van der Waals surface area contributed by atoms with Gasteiger partial charge in [0.2, 0.25) is 0 Å². The van der Waals surface area contributed by atoms with Crippen molar-refractivity contribution >= 4 is 8.07 Å². The van der Waals surface area contributed by atoms with Crippen molar-refractivity contribution in [2.24, 2.45) is 0 Å². The van der Waals surface area contributed by atoms with E-state index < -0.39 is 20.7 Å². The zero-order valence-corrected chi connectivity index (χ0v) is 13.5. The maximum Gasteiger partial charge on any atom is 0.388 e. The van der Waals surface area contributed by atoms with Gasteiger partial charge in [-0.05, 0) is 18.9 Å². The van der Waals surface area contributed by atoms with Crippen LogP contribution in [0.3, 0.4) is 0 Å². The summed E-state index contributed by atoms with van der Waals surface area (Å²) in [4.78, 5) is 0. The Morgan fingerprint density at radius 3 is 2.40 bits per heavy atom. The fourth-order valence-electron chi connectivity index (χ4n) is 2.33. The zero-order chi connectivity index (χ0) is 15.1. The van der Waals surface area contributed by atoms with E-state index in [1.54, 1.807) is 0 Å². The second kappa shape index (κ2) is 8.09. The molecule has 0 saturated heterocycles. The van der Waals surface area contributed by atoms with E-state index in [0.29, 0.717) is 19.1 Å². The molecule has 0 bridgehead atoms. The van der Waals surface area contributed by atoms with Gasteiger partial charge in [-0.2, -0.15) is 13.2 Å². The third-order valence-electron chi connectivity index (χ3n) is 3.59. The van der Waals surface area contributed by atoms with Gasteiger partial charge >= 0.3 is 6.18 Å². The lowest BCUT2D eigenvalue weighted by molar-refractivity contribution is -0.130. The van der Waals surface area contributed by atoms with Gasteiger partial charge in [-0.3, -0.25) is 0 Å². The van der Waals surface area contributed by atoms with Crippen LogP contribution in [0, 0.1) is 11.5 Å². The van der Waals surface area contributed by atoms with E-state index in [1.165, 1.54) is 19.3 Å². The van der Waals surface area contributed by atoms with Gasteiger partial charge in [0.05, 0.1) is 12.7 Å². The lowest BCUT2D eigenvalue weighted by Crippen LogP contribution is -2.26. The summed E-state index contributed by atoms with van der Waals surface area (Å²) in [7, 11) is -2.04. The quantitative estimate of drug-likeness (QED) is 0.397. The molecule has 5 heteroatoms. The predicted octanol–water partition coefficient (Wildman–Crippen LogP) is 4.93. The summed E-state index contributed by atoms with van der Waals surface area (Å²) in [5.41, 5.74) is 3.08. The number of hydrogen-bond acceptors (Lipinski definition) is 1. The monoisotopic (exact) mass is 306 g/mol. The second-order valence-corrected chi connectivity index (χ2v) is 10.7. The van der Waals surface area contributed by atoms with Gasteiger partial charge in [0.25, 0.3) is 0 Å². The molecular formula is C15H25F3OSi. The average molecular weight is 306 g/mol. The third kappa shape index (κ3) is 8.65. The molecule has 0 unspecified atom stereocenters. The third-order valence-corrected chi connectivity index (χ3v) is 5.95. The Bertz CT molecular complexity index is 335. The van der Waals surface area contributed by atoms with Crippen molar-refractivity contribution in [1.82, 2.24) is 0 Å². The molecule has 0 heterocycles. The van der Waals surface area contributed by atoms with Gasteiger partial charge in [0.15, 0.2) is 0 Å². The molecule has 1 fully saturated rings. The van der Waals surface area contributed by atoms with E-state index in [2.05, 4.69) is 11.5 Å². The van der Waals surface area contributed by atoms with Gasteiger partial charge in [-0.25, -0.2) is 0 Å². The van der Waals surface area contributed by atoms with Gasteiger partial charge in [0, 0.05) is 12.8 Å².